The van der Waals surface area contributed by atoms with Gasteiger partial charge >= 0.3 is 0 Å². The first kappa shape index (κ1) is 9.21. The lowest BCUT2D eigenvalue weighted by Gasteiger charge is -2.13. The molecule has 1 heterocycles. The van der Waals surface area contributed by atoms with Crippen molar-refractivity contribution in [1.29, 1.82) is 0 Å². The molecule has 1 aromatic carbocycles. The van der Waals surface area contributed by atoms with Crippen LogP contribution < -0.4 is 5.32 Å². The van der Waals surface area contributed by atoms with Gasteiger partial charge in [0.15, 0.2) is 0 Å². The monoisotopic (exact) mass is 254 g/mol. The summed E-state index contributed by atoms with van der Waals surface area (Å²) in [6.45, 7) is 0.279. The molecule has 72 valence electrons. The maximum Gasteiger partial charge on any atom is 0.265 e. The summed E-state index contributed by atoms with van der Waals surface area (Å²) in [5.41, 5.74) is 1.96. The third-order valence-corrected chi connectivity index (χ3v) is 2.52. The van der Waals surface area contributed by atoms with Crippen molar-refractivity contribution in [3.63, 3.8) is 0 Å². The number of benzene rings is 1. The zero-order valence-corrected chi connectivity index (χ0v) is 8.74. The van der Waals surface area contributed by atoms with Gasteiger partial charge in [0.05, 0.1) is 4.92 Å². The first-order valence-corrected chi connectivity index (χ1v) is 4.84. The number of rotatable bonds is 1. The lowest BCUT2D eigenvalue weighted by atomic mass is 10.1. The molecule has 4 nitrogen and oxygen atoms in total. The Bertz CT molecular complexity index is 429. The highest BCUT2D eigenvalue weighted by atomic mass is 79.9. The number of hydrogen-bond donors (Lipinski definition) is 1. The molecule has 0 spiro atoms. The van der Waals surface area contributed by atoms with E-state index in [0.717, 1.165) is 15.7 Å². The Hall–Kier alpha value is -1.36. The Morgan fingerprint density at radius 3 is 3.00 bits per heavy atom. The largest absolute Gasteiger partial charge is 0.375 e. The van der Waals surface area contributed by atoms with E-state index < -0.39 is 0 Å². The number of nitro groups is 1. The molecule has 14 heavy (non-hydrogen) atoms. The van der Waals surface area contributed by atoms with Crippen molar-refractivity contribution in [1.82, 2.24) is 0 Å². The maximum absolute atomic E-state index is 10.5. The Kier molecular flexibility index (Phi) is 2.25. The average Bonchev–Trinajstić information content (AvgIpc) is 2.16. The standard InChI is InChI=1S/C9H7BrN2O2/c10-7-1-2-9-6(3-7)4-8(5-11-9)12(13)14/h1-4,11H,5H2. The molecule has 0 bridgehead atoms. The van der Waals surface area contributed by atoms with Crippen molar-refractivity contribution in [3.05, 3.63) is 44.0 Å². The molecule has 1 aliphatic heterocycles. The lowest BCUT2D eigenvalue weighted by Crippen LogP contribution is -2.15. The number of anilines is 1. The van der Waals surface area contributed by atoms with Crippen LogP contribution in [0.15, 0.2) is 28.4 Å². The third kappa shape index (κ3) is 1.63. The third-order valence-electron chi connectivity index (χ3n) is 2.03. The molecule has 2 rings (SSSR count). The summed E-state index contributed by atoms with van der Waals surface area (Å²) in [7, 11) is 0. The van der Waals surface area contributed by atoms with Gasteiger partial charge in [0.2, 0.25) is 0 Å². The number of fused-ring (bicyclic) bond motifs is 1. The molecule has 1 aromatic rings. The van der Waals surface area contributed by atoms with Crippen LogP contribution in [0.4, 0.5) is 5.69 Å². The Labute approximate surface area is 88.9 Å². The zero-order valence-electron chi connectivity index (χ0n) is 7.16. The summed E-state index contributed by atoms with van der Waals surface area (Å²) >= 11 is 3.32. The highest BCUT2D eigenvalue weighted by Gasteiger charge is 2.17. The van der Waals surface area contributed by atoms with Gasteiger partial charge in [0.1, 0.15) is 6.54 Å². The summed E-state index contributed by atoms with van der Waals surface area (Å²) in [5, 5.41) is 13.5. The van der Waals surface area contributed by atoms with Gasteiger partial charge in [0, 0.05) is 21.8 Å². The molecule has 0 saturated carbocycles. The van der Waals surface area contributed by atoms with Crippen molar-refractivity contribution in [2.24, 2.45) is 0 Å². The molecule has 5 heteroatoms. The fourth-order valence-electron chi connectivity index (χ4n) is 1.35. The predicted octanol–water partition coefficient (Wildman–Crippen LogP) is 2.49. The maximum atomic E-state index is 10.5. The second-order valence-electron chi connectivity index (χ2n) is 2.98. The molecular weight excluding hydrogens is 248 g/mol. The van der Waals surface area contributed by atoms with Crippen LogP contribution in [0.25, 0.3) is 6.08 Å². The van der Waals surface area contributed by atoms with Gasteiger partial charge in [-0.3, -0.25) is 10.1 Å². The molecule has 0 fully saturated rings. The lowest BCUT2D eigenvalue weighted by molar-refractivity contribution is -0.423. The van der Waals surface area contributed by atoms with E-state index in [0.29, 0.717) is 0 Å². The van der Waals surface area contributed by atoms with Crippen molar-refractivity contribution in [2.75, 3.05) is 11.9 Å². The fraction of sp³-hybridized carbons (Fsp3) is 0.111. The Balaban J connectivity index is 2.47. The average molecular weight is 255 g/mol. The molecule has 0 unspecified atom stereocenters. The van der Waals surface area contributed by atoms with E-state index in [4.69, 9.17) is 0 Å². The fourth-order valence-corrected chi connectivity index (χ4v) is 1.73. The van der Waals surface area contributed by atoms with Gasteiger partial charge in [-0.2, -0.15) is 0 Å². The Morgan fingerprint density at radius 2 is 2.29 bits per heavy atom. The zero-order chi connectivity index (χ0) is 10.1. The first-order chi connectivity index (χ1) is 6.66. The molecule has 0 atom stereocenters. The van der Waals surface area contributed by atoms with Crippen molar-refractivity contribution in [2.45, 2.75) is 0 Å². The van der Waals surface area contributed by atoms with Gasteiger partial charge in [-0.1, -0.05) is 15.9 Å². The van der Waals surface area contributed by atoms with Gasteiger partial charge in [-0.05, 0) is 18.2 Å². The second-order valence-corrected chi connectivity index (χ2v) is 3.89. The minimum absolute atomic E-state index is 0.190. The van der Waals surface area contributed by atoms with Crippen LogP contribution in [0.3, 0.4) is 0 Å². The summed E-state index contributed by atoms with van der Waals surface area (Å²) in [6, 6.07) is 5.65. The van der Waals surface area contributed by atoms with Crippen LogP contribution >= 0.6 is 15.9 Å². The van der Waals surface area contributed by atoms with E-state index in [-0.39, 0.29) is 17.2 Å². The molecule has 0 aliphatic carbocycles. The number of nitrogens with zero attached hydrogens (tertiary/aromatic N) is 1. The minimum atomic E-state index is -0.364. The van der Waals surface area contributed by atoms with Gasteiger partial charge in [-0.15, -0.1) is 0 Å². The highest BCUT2D eigenvalue weighted by molar-refractivity contribution is 9.10. The smallest absolute Gasteiger partial charge is 0.265 e. The van der Waals surface area contributed by atoms with Crippen LogP contribution in [0.2, 0.25) is 0 Å². The number of halogens is 1. The SMILES string of the molecule is O=[N+]([O-])C1=Cc2cc(Br)ccc2NC1. The summed E-state index contributed by atoms with van der Waals surface area (Å²) in [5.74, 6) is 0. The second kappa shape index (κ2) is 3.42. The van der Waals surface area contributed by atoms with Gasteiger partial charge in [0.25, 0.3) is 5.70 Å². The molecule has 1 N–H and O–H groups in total. The van der Waals surface area contributed by atoms with Crippen LogP contribution in [-0.4, -0.2) is 11.5 Å². The van der Waals surface area contributed by atoms with Crippen LogP contribution in [0.1, 0.15) is 5.56 Å². The van der Waals surface area contributed by atoms with E-state index in [1.807, 2.05) is 18.2 Å². The minimum Gasteiger partial charge on any atom is -0.375 e. The van der Waals surface area contributed by atoms with Crippen LogP contribution in [0.5, 0.6) is 0 Å². The summed E-state index contributed by atoms with van der Waals surface area (Å²) in [4.78, 5) is 10.2. The van der Waals surface area contributed by atoms with Crippen molar-refractivity contribution < 1.29 is 4.92 Å². The molecule has 1 aliphatic rings. The van der Waals surface area contributed by atoms with E-state index >= 15 is 0 Å². The molecule has 0 aromatic heterocycles. The van der Waals surface area contributed by atoms with Gasteiger partial charge < -0.3 is 5.32 Å². The highest BCUT2D eigenvalue weighted by Crippen LogP contribution is 2.26. The van der Waals surface area contributed by atoms with E-state index in [2.05, 4.69) is 21.2 Å². The quantitative estimate of drug-likeness (QED) is 0.619. The normalized spacial score (nSPS) is 13.9. The summed E-state index contributed by atoms with van der Waals surface area (Å²) < 4.78 is 0.916. The molecule has 0 radical (unpaired) electrons. The molecular formula is C9H7BrN2O2. The van der Waals surface area contributed by atoms with E-state index in [1.165, 1.54) is 0 Å². The first-order valence-electron chi connectivity index (χ1n) is 4.05. The van der Waals surface area contributed by atoms with Crippen LogP contribution in [0, 0.1) is 10.1 Å². The molecule has 0 saturated heterocycles. The number of hydrogen-bond acceptors (Lipinski definition) is 3. The Morgan fingerprint density at radius 1 is 1.50 bits per heavy atom. The summed E-state index contributed by atoms with van der Waals surface area (Å²) in [6.07, 6.45) is 1.59. The molecule has 0 amide bonds. The van der Waals surface area contributed by atoms with Crippen LogP contribution in [-0.2, 0) is 0 Å². The van der Waals surface area contributed by atoms with E-state index in [1.54, 1.807) is 6.08 Å². The van der Waals surface area contributed by atoms with Crippen molar-refractivity contribution in [3.8, 4) is 0 Å². The number of nitrogens with one attached hydrogen (secondary N) is 1. The van der Waals surface area contributed by atoms with E-state index in [9.17, 15) is 10.1 Å². The van der Waals surface area contributed by atoms with Crippen molar-refractivity contribution >= 4 is 27.7 Å². The predicted molar refractivity (Wildman–Crippen MR) is 57.6 cm³/mol. The van der Waals surface area contributed by atoms with Gasteiger partial charge in [-0.25, -0.2) is 0 Å². The topological polar surface area (TPSA) is 55.2 Å².